The Morgan fingerprint density at radius 2 is 1.53 bits per heavy atom. The molecule has 2 N–H and O–H groups in total. The Labute approximate surface area is 175 Å². The SMILES string of the molecule is CC[C@@H](C)[C@@H](C(=O)NCc1ccc(NC(C)=O)cc1)N1C(=O)c2ccccc2C1=O. The first kappa shape index (κ1) is 21.2. The van der Waals surface area contributed by atoms with Crippen molar-refractivity contribution < 1.29 is 19.2 Å². The predicted molar refractivity (Wildman–Crippen MR) is 113 cm³/mol. The van der Waals surface area contributed by atoms with Gasteiger partial charge < -0.3 is 10.6 Å². The van der Waals surface area contributed by atoms with Crippen molar-refractivity contribution in [1.29, 1.82) is 0 Å². The summed E-state index contributed by atoms with van der Waals surface area (Å²) in [6.07, 6.45) is 0.636. The van der Waals surface area contributed by atoms with Crippen molar-refractivity contribution >= 4 is 29.3 Å². The van der Waals surface area contributed by atoms with E-state index in [9.17, 15) is 19.2 Å². The van der Waals surface area contributed by atoms with E-state index in [-0.39, 0.29) is 24.3 Å². The van der Waals surface area contributed by atoms with Gasteiger partial charge in [0.1, 0.15) is 6.04 Å². The third-order valence-corrected chi connectivity index (χ3v) is 5.30. The van der Waals surface area contributed by atoms with E-state index in [4.69, 9.17) is 0 Å². The van der Waals surface area contributed by atoms with Crippen LogP contribution in [0.5, 0.6) is 0 Å². The molecule has 0 unspecified atom stereocenters. The summed E-state index contributed by atoms with van der Waals surface area (Å²) in [6, 6.07) is 12.8. The first-order valence-corrected chi connectivity index (χ1v) is 9.94. The molecular weight excluding hydrogens is 382 g/mol. The average Bonchev–Trinajstić information content (AvgIpc) is 2.98. The predicted octanol–water partition coefficient (Wildman–Crippen LogP) is 2.97. The number of imide groups is 1. The fraction of sp³-hybridized carbons (Fsp3) is 0.304. The molecule has 0 aliphatic carbocycles. The topological polar surface area (TPSA) is 95.6 Å². The summed E-state index contributed by atoms with van der Waals surface area (Å²) in [7, 11) is 0. The van der Waals surface area contributed by atoms with Crippen molar-refractivity contribution in [3.05, 3.63) is 65.2 Å². The van der Waals surface area contributed by atoms with Gasteiger partial charge in [-0.3, -0.25) is 24.1 Å². The van der Waals surface area contributed by atoms with E-state index in [1.54, 1.807) is 48.5 Å². The lowest BCUT2D eigenvalue weighted by Crippen LogP contribution is -2.52. The number of rotatable bonds is 7. The van der Waals surface area contributed by atoms with Gasteiger partial charge >= 0.3 is 0 Å². The lowest BCUT2D eigenvalue weighted by molar-refractivity contribution is -0.126. The van der Waals surface area contributed by atoms with Crippen LogP contribution in [0.1, 0.15) is 53.5 Å². The van der Waals surface area contributed by atoms with Gasteiger partial charge in [0.15, 0.2) is 0 Å². The zero-order chi connectivity index (χ0) is 21.8. The van der Waals surface area contributed by atoms with Crippen molar-refractivity contribution in [3.8, 4) is 0 Å². The smallest absolute Gasteiger partial charge is 0.262 e. The molecule has 4 amide bonds. The van der Waals surface area contributed by atoms with E-state index in [2.05, 4.69) is 10.6 Å². The second-order valence-corrected chi connectivity index (χ2v) is 7.45. The molecule has 0 radical (unpaired) electrons. The van der Waals surface area contributed by atoms with Crippen LogP contribution in [0.15, 0.2) is 48.5 Å². The van der Waals surface area contributed by atoms with Crippen molar-refractivity contribution in [2.24, 2.45) is 5.92 Å². The number of nitrogens with zero attached hydrogens (tertiary/aromatic N) is 1. The van der Waals surface area contributed by atoms with Gasteiger partial charge in [-0.2, -0.15) is 0 Å². The van der Waals surface area contributed by atoms with Crippen LogP contribution in [-0.2, 0) is 16.1 Å². The Kier molecular flexibility index (Phi) is 6.30. The number of nitrogens with one attached hydrogen (secondary N) is 2. The highest BCUT2D eigenvalue weighted by Crippen LogP contribution is 2.28. The molecular formula is C23H25N3O4. The summed E-state index contributed by atoms with van der Waals surface area (Å²) in [6.45, 7) is 5.46. The monoisotopic (exact) mass is 407 g/mol. The molecule has 7 heteroatoms. The number of hydrogen-bond acceptors (Lipinski definition) is 4. The Bertz CT molecular complexity index is 949. The molecule has 2 atom stereocenters. The molecule has 3 rings (SSSR count). The lowest BCUT2D eigenvalue weighted by Gasteiger charge is -2.29. The van der Waals surface area contributed by atoms with E-state index in [0.29, 0.717) is 23.2 Å². The van der Waals surface area contributed by atoms with Gasteiger partial charge in [-0.15, -0.1) is 0 Å². The quantitative estimate of drug-likeness (QED) is 0.690. The number of benzene rings is 2. The van der Waals surface area contributed by atoms with Gasteiger partial charge in [0.05, 0.1) is 11.1 Å². The minimum atomic E-state index is -0.888. The molecule has 1 heterocycles. The normalized spacial score (nSPS) is 14.8. The van der Waals surface area contributed by atoms with Crippen molar-refractivity contribution in [2.45, 2.75) is 39.8 Å². The minimum absolute atomic E-state index is 0.159. The van der Waals surface area contributed by atoms with Crippen molar-refractivity contribution in [1.82, 2.24) is 10.2 Å². The van der Waals surface area contributed by atoms with E-state index in [1.165, 1.54) is 6.92 Å². The molecule has 0 fully saturated rings. The van der Waals surface area contributed by atoms with Gasteiger partial charge in [-0.05, 0) is 35.7 Å². The summed E-state index contributed by atoms with van der Waals surface area (Å²) in [5.41, 5.74) is 2.16. The highest BCUT2D eigenvalue weighted by Gasteiger charge is 2.44. The Morgan fingerprint density at radius 3 is 2.03 bits per heavy atom. The summed E-state index contributed by atoms with van der Waals surface area (Å²) in [5.74, 6) is -1.60. The second-order valence-electron chi connectivity index (χ2n) is 7.45. The molecule has 1 aliphatic rings. The minimum Gasteiger partial charge on any atom is -0.350 e. The molecule has 2 aromatic carbocycles. The molecule has 156 valence electrons. The molecule has 7 nitrogen and oxygen atoms in total. The molecule has 0 bridgehead atoms. The number of hydrogen-bond donors (Lipinski definition) is 2. The number of amides is 4. The maximum Gasteiger partial charge on any atom is 0.262 e. The number of anilines is 1. The molecule has 30 heavy (non-hydrogen) atoms. The summed E-state index contributed by atoms with van der Waals surface area (Å²) < 4.78 is 0. The van der Waals surface area contributed by atoms with Crippen molar-refractivity contribution in [2.75, 3.05) is 5.32 Å². The van der Waals surface area contributed by atoms with Crippen molar-refractivity contribution in [3.63, 3.8) is 0 Å². The van der Waals surface area contributed by atoms with E-state index < -0.39 is 17.9 Å². The largest absolute Gasteiger partial charge is 0.350 e. The van der Waals surface area contributed by atoms with Gasteiger partial charge in [0, 0.05) is 19.2 Å². The third-order valence-electron chi connectivity index (χ3n) is 5.30. The average molecular weight is 407 g/mol. The van der Waals surface area contributed by atoms with Crippen LogP contribution in [0.2, 0.25) is 0 Å². The van der Waals surface area contributed by atoms with Gasteiger partial charge in [0.25, 0.3) is 11.8 Å². The van der Waals surface area contributed by atoms with Gasteiger partial charge in [-0.25, -0.2) is 0 Å². The maximum atomic E-state index is 13.0. The van der Waals surface area contributed by atoms with Crippen LogP contribution in [0.4, 0.5) is 5.69 Å². The van der Waals surface area contributed by atoms with Crippen LogP contribution in [0.25, 0.3) is 0 Å². The van der Waals surface area contributed by atoms with E-state index >= 15 is 0 Å². The van der Waals surface area contributed by atoms with Crippen LogP contribution in [0.3, 0.4) is 0 Å². The fourth-order valence-corrected chi connectivity index (χ4v) is 3.52. The van der Waals surface area contributed by atoms with Gasteiger partial charge in [-0.1, -0.05) is 44.5 Å². The second kappa shape index (κ2) is 8.90. The van der Waals surface area contributed by atoms with Crippen LogP contribution < -0.4 is 10.6 Å². The van der Waals surface area contributed by atoms with E-state index in [0.717, 1.165) is 10.5 Å². The van der Waals surface area contributed by atoms with Crippen LogP contribution in [-0.4, -0.2) is 34.6 Å². The van der Waals surface area contributed by atoms with E-state index in [1.807, 2.05) is 13.8 Å². The molecule has 0 aromatic heterocycles. The first-order chi connectivity index (χ1) is 14.3. The molecule has 0 spiro atoms. The Hall–Kier alpha value is -3.48. The zero-order valence-electron chi connectivity index (χ0n) is 17.3. The van der Waals surface area contributed by atoms with Crippen LogP contribution >= 0.6 is 0 Å². The van der Waals surface area contributed by atoms with Crippen LogP contribution in [0, 0.1) is 5.92 Å². The fourth-order valence-electron chi connectivity index (χ4n) is 3.52. The number of carbonyl (C=O) groups excluding carboxylic acids is 4. The third kappa shape index (κ3) is 4.25. The Morgan fingerprint density at radius 1 is 0.967 bits per heavy atom. The van der Waals surface area contributed by atoms with Gasteiger partial charge in [0.2, 0.25) is 11.8 Å². The lowest BCUT2D eigenvalue weighted by atomic mass is 9.96. The highest BCUT2D eigenvalue weighted by atomic mass is 16.2. The zero-order valence-corrected chi connectivity index (χ0v) is 17.3. The summed E-state index contributed by atoms with van der Waals surface area (Å²) in [4.78, 5) is 51.0. The maximum absolute atomic E-state index is 13.0. The number of carbonyl (C=O) groups is 4. The first-order valence-electron chi connectivity index (χ1n) is 9.94. The molecule has 0 saturated heterocycles. The Balaban J connectivity index is 1.75. The number of fused-ring (bicyclic) bond motifs is 1. The summed E-state index contributed by atoms with van der Waals surface area (Å²) >= 11 is 0. The molecule has 2 aromatic rings. The standard InChI is InChI=1S/C23H25N3O4/c1-4-14(2)20(26-22(29)18-7-5-6-8-19(18)23(26)30)21(28)24-13-16-9-11-17(12-10-16)25-15(3)27/h5-12,14,20H,4,13H2,1-3H3,(H,24,28)(H,25,27)/t14-,20+/m1/s1. The molecule has 1 aliphatic heterocycles. The highest BCUT2D eigenvalue weighted by molar-refractivity contribution is 6.22. The summed E-state index contributed by atoms with van der Waals surface area (Å²) in [5, 5.41) is 5.53. The molecule has 0 saturated carbocycles.